The maximum atomic E-state index is 2.44. The summed E-state index contributed by atoms with van der Waals surface area (Å²) in [5, 5.41) is 0. The van der Waals surface area contributed by atoms with E-state index in [1.165, 1.54) is 11.1 Å². The van der Waals surface area contributed by atoms with Crippen LogP contribution in [0, 0.1) is 0 Å². The van der Waals surface area contributed by atoms with Gasteiger partial charge < -0.3 is 24.8 Å². The van der Waals surface area contributed by atoms with Crippen LogP contribution in [0.25, 0.3) is 12.2 Å². The first-order chi connectivity index (χ1) is 9.42. The first kappa shape index (κ1) is 20.1. The van der Waals surface area contributed by atoms with Gasteiger partial charge in [-0.1, -0.05) is 0 Å². The fourth-order valence-corrected chi connectivity index (χ4v) is 7.13. The van der Waals surface area contributed by atoms with Crippen molar-refractivity contribution in [1.29, 1.82) is 0 Å². The summed E-state index contributed by atoms with van der Waals surface area (Å²) in [5.74, 6) is 0. The summed E-state index contributed by atoms with van der Waals surface area (Å²) in [6.45, 7) is 0. The molecule has 0 saturated heterocycles. The van der Waals surface area contributed by atoms with Crippen molar-refractivity contribution < 1.29 is 69.8 Å². The summed E-state index contributed by atoms with van der Waals surface area (Å²) >= 11 is -0.542. The molecule has 4 heteroatoms. The van der Waals surface area contributed by atoms with Gasteiger partial charge in [0.05, 0.1) is 0 Å². The second kappa shape index (κ2) is 8.81. The van der Waals surface area contributed by atoms with Crippen molar-refractivity contribution in [3.8, 4) is 0 Å². The molecule has 0 heterocycles. The maximum Gasteiger partial charge on any atom is 4.00 e. The van der Waals surface area contributed by atoms with Gasteiger partial charge in [0, 0.05) is 0 Å². The van der Waals surface area contributed by atoms with E-state index in [0.717, 1.165) is 7.25 Å². The zero-order chi connectivity index (χ0) is 12.7. The van der Waals surface area contributed by atoms with Gasteiger partial charge in [0.15, 0.2) is 0 Å². The van der Waals surface area contributed by atoms with E-state index in [2.05, 4.69) is 72.8 Å². The quantitative estimate of drug-likeness (QED) is 0.505. The van der Waals surface area contributed by atoms with Gasteiger partial charge in [-0.15, -0.1) is 0 Å². The molecule has 0 spiro atoms. The minimum atomic E-state index is -0.542. The van der Waals surface area contributed by atoms with Gasteiger partial charge in [-0.2, -0.15) is 0 Å². The number of halogens is 2. The van der Waals surface area contributed by atoms with Crippen molar-refractivity contribution in [1.82, 2.24) is 0 Å². The predicted molar refractivity (Wildman–Crippen MR) is 76.4 cm³/mol. The smallest absolute Gasteiger partial charge is 1.00 e. The van der Waals surface area contributed by atoms with Crippen LogP contribution in [0.5, 0.6) is 0 Å². The van der Waals surface area contributed by atoms with E-state index in [9.17, 15) is 0 Å². The molecule has 2 aromatic carbocycles. The summed E-state index contributed by atoms with van der Waals surface area (Å²) in [6.07, 6.45) is 9.49. The van der Waals surface area contributed by atoms with Crippen molar-refractivity contribution in [2.45, 2.75) is 7.25 Å². The molecule has 4 rings (SSSR count). The molecule has 0 bridgehead atoms. The molecule has 2 aromatic rings. The zero-order valence-corrected chi connectivity index (χ0v) is 17.4. The summed E-state index contributed by atoms with van der Waals surface area (Å²) < 4.78 is 1.47. The third-order valence-electron chi connectivity index (χ3n) is 3.96. The van der Waals surface area contributed by atoms with Crippen molar-refractivity contribution in [3.05, 3.63) is 82.9 Å². The van der Waals surface area contributed by atoms with Crippen LogP contribution in [0.1, 0.15) is 29.5 Å². The Labute approximate surface area is 170 Å². The normalized spacial score (nSPS) is 19.1. The molecule has 2 atom stereocenters. The first-order valence-corrected chi connectivity index (χ1v) is 9.56. The molecule has 0 aliphatic heterocycles. The fourth-order valence-electron chi connectivity index (χ4n) is 2.98. The summed E-state index contributed by atoms with van der Waals surface area (Å²) in [7, 11) is 0. The van der Waals surface area contributed by atoms with Crippen LogP contribution >= 0.6 is 0 Å². The molecule has 2 aliphatic carbocycles. The Morgan fingerprint density at radius 2 is 1.05 bits per heavy atom. The number of benzene rings is 2. The van der Waals surface area contributed by atoms with Crippen molar-refractivity contribution in [3.63, 3.8) is 0 Å². The van der Waals surface area contributed by atoms with E-state index >= 15 is 0 Å². The number of rotatable bonds is 2. The summed E-state index contributed by atoms with van der Waals surface area (Å²) in [5.41, 5.74) is 5.99. The van der Waals surface area contributed by atoms with E-state index in [-0.39, 0.29) is 46.5 Å². The van der Waals surface area contributed by atoms with Crippen LogP contribution in [0.3, 0.4) is 0 Å². The third-order valence-corrected chi connectivity index (χ3v) is 8.20. The zero-order valence-electron chi connectivity index (χ0n) is 11.8. The molecule has 0 nitrogen and oxygen atoms in total. The largest absolute Gasteiger partial charge is 4.00 e. The molecular weight excluding hydrogens is 426 g/mol. The Morgan fingerprint density at radius 3 is 1.50 bits per heavy atom. The van der Waals surface area contributed by atoms with Gasteiger partial charge in [0.2, 0.25) is 0 Å². The third kappa shape index (κ3) is 3.77. The monoisotopic (exact) mass is 438 g/mol. The van der Waals surface area contributed by atoms with Crippen molar-refractivity contribution in [2.75, 3.05) is 0 Å². The van der Waals surface area contributed by atoms with E-state index in [4.69, 9.17) is 0 Å². The van der Waals surface area contributed by atoms with Gasteiger partial charge in [-0.3, -0.25) is 0 Å². The molecule has 0 saturated carbocycles. The Hall–Kier alpha value is 0.0974. The number of hydrogen-bond donors (Lipinski definition) is 0. The number of hydrogen-bond acceptors (Lipinski definition) is 0. The second-order valence-electron chi connectivity index (χ2n) is 5.10. The maximum absolute atomic E-state index is 2.44. The molecule has 0 amide bonds. The molecule has 22 heavy (non-hydrogen) atoms. The fraction of sp³-hybridized carbons (Fsp3) is 0.111. The van der Waals surface area contributed by atoms with E-state index in [0.29, 0.717) is 0 Å². The van der Waals surface area contributed by atoms with Crippen LogP contribution in [0.4, 0.5) is 0 Å². The molecule has 0 aromatic heterocycles. The van der Waals surface area contributed by atoms with Crippen molar-refractivity contribution in [2.24, 2.45) is 0 Å². The van der Waals surface area contributed by atoms with Gasteiger partial charge in [0.25, 0.3) is 0 Å². The average molecular weight is 440 g/mol. The predicted octanol–water partition coefficient (Wildman–Crippen LogP) is -1.39. The standard InChI is InChI=1S/2C9H7.2ClH.Ti.Zr/c2*1-2-5-9-7-3-6-8(9)4-1;;;;/h2*1-7H;2*1H;;/q;;;;+4;+2/p-2. The van der Waals surface area contributed by atoms with Crippen LogP contribution in [-0.4, -0.2) is 0 Å². The van der Waals surface area contributed by atoms with Crippen LogP contribution < -0.4 is 24.8 Å². The number of fused-ring (bicyclic) bond motifs is 2. The van der Waals surface area contributed by atoms with E-state index in [1.807, 2.05) is 0 Å². The Kier molecular flexibility index (Phi) is 8.07. The first-order valence-electron chi connectivity index (χ1n) is 6.72. The topological polar surface area (TPSA) is 0 Å². The molecule has 2 unspecified atom stereocenters. The number of allylic oxidation sites excluding steroid dienone is 2. The van der Waals surface area contributed by atoms with Crippen LogP contribution in [-0.2, 0) is 45.0 Å². The minimum absolute atomic E-state index is 0. The Balaban J connectivity index is 0.000000807. The van der Waals surface area contributed by atoms with Gasteiger partial charge in [0.1, 0.15) is 0 Å². The van der Waals surface area contributed by atoms with Crippen LogP contribution in [0.2, 0.25) is 0 Å². The molecule has 0 fully saturated rings. The molecular formula is C18H14Cl2TiZr+4. The van der Waals surface area contributed by atoms with Crippen LogP contribution in [0.15, 0.2) is 60.7 Å². The van der Waals surface area contributed by atoms with E-state index < -0.39 is 23.2 Å². The molecule has 0 N–H and O–H groups in total. The summed E-state index contributed by atoms with van der Waals surface area (Å²) in [4.78, 5) is 0. The van der Waals surface area contributed by atoms with Gasteiger partial charge >= 0.3 is 147 Å². The summed E-state index contributed by atoms with van der Waals surface area (Å²) in [6, 6.07) is 17.7. The minimum Gasteiger partial charge on any atom is -1.00 e. The van der Waals surface area contributed by atoms with E-state index in [1.54, 1.807) is 11.1 Å². The average Bonchev–Trinajstić information content (AvgIpc) is 3.05. The molecule has 104 valence electrons. The second-order valence-corrected chi connectivity index (χ2v) is 8.98. The van der Waals surface area contributed by atoms with Gasteiger partial charge in [-0.05, 0) is 0 Å². The Morgan fingerprint density at radius 1 is 0.636 bits per heavy atom. The SMILES string of the molecule is C1=C[CH]([Zr+2][CH]2C=Cc3ccccc32)c2ccccc21.[Cl-].[Cl-].[Ti+4]. The van der Waals surface area contributed by atoms with Crippen molar-refractivity contribution >= 4 is 12.2 Å². The molecule has 0 radical (unpaired) electrons. The molecule has 2 aliphatic rings. The van der Waals surface area contributed by atoms with Gasteiger partial charge in [-0.25, -0.2) is 0 Å². The Bertz CT molecular complexity index is 637.